The van der Waals surface area contributed by atoms with Gasteiger partial charge in [-0.3, -0.25) is 4.79 Å². The molecule has 0 saturated carbocycles. The summed E-state index contributed by atoms with van der Waals surface area (Å²) in [6.45, 7) is 4.15. The Balaban J connectivity index is 1.40. The van der Waals surface area contributed by atoms with E-state index < -0.39 is 0 Å². The summed E-state index contributed by atoms with van der Waals surface area (Å²) in [6, 6.07) is 14.0. The number of halogens is 1. The van der Waals surface area contributed by atoms with Gasteiger partial charge in [0.05, 0.1) is 10.7 Å². The molecule has 1 N–H and O–H groups in total. The maximum atomic E-state index is 13.2. The highest BCUT2D eigenvalue weighted by Crippen LogP contribution is 2.25. The highest BCUT2D eigenvalue weighted by Gasteiger charge is 2.21. The standard InChI is InChI=1S/C23H20FN3O2S/c1-14-21(22(27-29-14)18-7-9-19(24)10-8-18)23(28)25-12-11-16-3-5-17(6-4-16)20-13-30-15(2)26-20/h3-10,13H,11-12H2,1-2H3,(H,25,28). The van der Waals surface area contributed by atoms with Gasteiger partial charge in [0.1, 0.15) is 22.8 Å². The first-order valence-electron chi connectivity index (χ1n) is 9.53. The van der Waals surface area contributed by atoms with Crippen LogP contribution in [0.1, 0.15) is 26.7 Å². The van der Waals surface area contributed by atoms with E-state index in [4.69, 9.17) is 4.52 Å². The molecule has 0 bridgehead atoms. The topological polar surface area (TPSA) is 68.0 Å². The van der Waals surface area contributed by atoms with Gasteiger partial charge in [0.15, 0.2) is 0 Å². The number of aromatic nitrogens is 2. The second-order valence-corrected chi connectivity index (χ2v) is 7.99. The van der Waals surface area contributed by atoms with E-state index in [9.17, 15) is 9.18 Å². The molecule has 0 aliphatic rings. The average molecular weight is 421 g/mol. The van der Waals surface area contributed by atoms with Gasteiger partial charge < -0.3 is 9.84 Å². The molecule has 0 aliphatic heterocycles. The zero-order valence-electron chi connectivity index (χ0n) is 16.6. The molecule has 0 radical (unpaired) electrons. The maximum Gasteiger partial charge on any atom is 0.257 e. The number of thiazole rings is 1. The number of nitrogens with zero attached hydrogens (tertiary/aromatic N) is 2. The lowest BCUT2D eigenvalue weighted by Crippen LogP contribution is -2.26. The van der Waals surface area contributed by atoms with Gasteiger partial charge in [-0.15, -0.1) is 11.3 Å². The number of carbonyl (C=O) groups is 1. The quantitative estimate of drug-likeness (QED) is 0.465. The minimum Gasteiger partial charge on any atom is -0.360 e. The monoisotopic (exact) mass is 421 g/mol. The molecule has 0 fully saturated rings. The van der Waals surface area contributed by atoms with Gasteiger partial charge in [-0.2, -0.15) is 0 Å². The number of carbonyl (C=O) groups excluding carboxylic acids is 1. The van der Waals surface area contributed by atoms with Crippen molar-refractivity contribution in [3.63, 3.8) is 0 Å². The van der Waals surface area contributed by atoms with Crippen molar-refractivity contribution >= 4 is 17.2 Å². The molecule has 0 saturated heterocycles. The largest absolute Gasteiger partial charge is 0.360 e. The Morgan fingerprint density at radius 2 is 1.77 bits per heavy atom. The van der Waals surface area contributed by atoms with Gasteiger partial charge in [-0.1, -0.05) is 29.4 Å². The number of hydrogen-bond donors (Lipinski definition) is 1. The Kier molecular flexibility index (Phi) is 5.72. The van der Waals surface area contributed by atoms with Gasteiger partial charge in [0.2, 0.25) is 0 Å². The van der Waals surface area contributed by atoms with Crippen molar-refractivity contribution in [2.75, 3.05) is 6.54 Å². The number of benzene rings is 2. The van der Waals surface area contributed by atoms with E-state index in [1.807, 2.05) is 36.6 Å². The molecule has 2 heterocycles. The molecule has 0 unspecified atom stereocenters. The zero-order valence-corrected chi connectivity index (χ0v) is 17.4. The van der Waals surface area contributed by atoms with Crippen molar-refractivity contribution in [2.24, 2.45) is 0 Å². The SMILES string of the molecule is Cc1nc(-c2ccc(CCNC(=O)c3c(-c4ccc(F)cc4)noc3C)cc2)cs1. The van der Waals surface area contributed by atoms with E-state index in [2.05, 4.69) is 15.5 Å². The van der Waals surface area contributed by atoms with E-state index in [1.165, 1.54) is 12.1 Å². The number of nitrogens with one attached hydrogen (secondary N) is 1. The summed E-state index contributed by atoms with van der Waals surface area (Å²) in [4.78, 5) is 17.2. The number of rotatable bonds is 6. The molecular weight excluding hydrogens is 401 g/mol. The summed E-state index contributed by atoms with van der Waals surface area (Å²) in [5, 5.41) is 9.99. The van der Waals surface area contributed by atoms with E-state index in [1.54, 1.807) is 30.4 Å². The smallest absolute Gasteiger partial charge is 0.257 e. The Hall–Kier alpha value is -3.32. The number of amides is 1. The Labute approximate surface area is 177 Å². The van der Waals surface area contributed by atoms with Crippen LogP contribution in [0.15, 0.2) is 58.4 Å². The van der Waals surface area contributed by atoms with E-state index >= 15 is 0 Å². The van der Waals surface area contributed by atoms with Crippen molar-refractivity contribution < 1.29 is 13.7 Å². The van der Waals surface area contributed by atoms with Crippen LogP contribution in [0.5, 0.6) is 0 Å². The molecule has 4 rings (SSSR count). The summed E-state index contributed by atoms with van der Waals surface area (Å²) < 4.78 is 18.4. The average Bonchev–Trinajstić information content (AvgIpc) is 3.35. The molecule has 152 valence electrons. The maximum absolute atomic E-state index is 13.2. The summed E-state index contributed by atoms with van der Waals surface area (Å²) in [6.07, 6.45) is 0.693. The van der Waals surface area contributed by atoms with Crippen molar-refractivity contribution in [3.8, 4) is 22.5 Å². The number of hydrogen-bond acceptors (Lipinski definition) is 5. The summed E-state index contributed by atoms with van der Waals surface area (Å²) in [5.74, 6) is -0.182. The van der Waals surface area contributed by atoms with Crippen LogP contribution in [0, 0.1) is 19.7 Å². The van der Waals surface area contributed by atoms with Crippen LogP contribution in [0.3, 0.4) is 0 Å². The molecule has 0 atom stereocenters. The van der Waals surface area contributed by atoms with Crippen LogP contribution in [0.4, 0.5) is 4.39 Å². The van der Waals surface area contributed by atoms with E-state index in [-0.39, 0.29) is 11.7 Å². The summed E-state index contributed by atoms with van der Waals surface area (Å²) in [7, 11) is 0. The van der Waals surface area contributed by atoms with E-state index in [0.717, 1.165) is 21.8 Å². The molecule has 0 spiro atoms. The van der Waals surface area contributed by atoms with Gasteiger partial charge in [-0.05, 0) is 50.1 Å². The third kappa shape index (κ3) is 4.31. The summed E-state index contributed by atoms with van der Waals surface area (Å²) >= 11 is 1.63. The molecule has 30 heavy (non-hydrogen) atoms. The van der Waals surface area contributed by atoms with Crippen LogP contribution >= 0.6 is 11.3 Å². The molecule has 0 aliphatic carbocycles. The molecule has 1 amide bonds. The van der Waals surface area contributed by atoms with Crippen LogP contribution < -0.4 is 5.32 Å². The normalized spacial score (nSPS) is 10.9. The predicted octanol–water partition coefficient (Wildman–Crippen LogP) is 5.19. The highest BCUT2D eigenvalue weighted by molar-refractivity contribution is 7.09. The second kappa shape index (κ2) is 8.59. The van der Waals surface area contributed by atoms with Crippen LogP contribution in [0.2, 0.25) is 0 Å². The van der Waals surface area contributed by atoms with Gasteiger partial charge >= 0.3 is 0 Å². The van der Waals surface area contributed by atoms with Crippen molar-refractivity contribution in [2.45, 2.75) is 20.3 Å². The van der Waals surface area contributed by atoms with Crippen molar-refractivity contribution in [1.82, 2.24) is 15.5 Å². The fraction of sp³-hybridized carbons (Fsp3) is 0.174. The fourth-order valence-corrected chi connectivity index (χ4v) is 3.81. The molecule has 5 nitrogen and oxygen atoms in total. The van der Waals surface area contributed by atoms with Crippen LogP contribution in [-0.2, 0) is 6.42 Å². The molecule has 2 aromatic heterocycles. The fourth-order valence-electron chi connectivity index (χ4n) is 3.19. The minimum atomic E-state index is -0.346. The zero-order chi connectivity index (χ0) is 21.1. The highest BCUT2D eigenvalue weighted by atomic mass is 32.1. The predicted molar refractivity (Wildman–Crippen MR) is 115 cm³/mol. The van der Waals surface area contributed by atoms with E-state index in [0.29, 0.717) is 35.5 Å². The van der Waals surface area contributed by atoms with Crippen LogP contribution in [0.25, 0.3) is 22.5 Å². The Morgan fingerprint density at radius 1 is 1.07 bits per heavy atom. The molecular formula is C23H20FN3O2S. The molecule has 4 aromatic rings. The lowest BCUT2D eigenvalue weighted by molar-refractivity contribution is 0.0953. The van der Waals surface area contributed by atoms with Crippen molar-refractivity contribution in [1.29, 1.82) is 0 Å². The first-order valence-corrected chi connectivity index (χ1v) is 10.4. The third-order valence-corrected chi connectivity index (χ3v) is 5.55. The lowest BCUT2D eigenvalue weighted by atomic mass is 10.1. The third-order valence-electron chi connectivity index (χ3n) is 4.78. The number of aryl methyl sites for hydroxylation is 2. The van der Waals surface area contributed by atoms with Crippen LogP contribution in [-0.4, -0.2) is 22.6 Å². The Bertz CT molecular complexity index is 1160. The lowest BCUT2D eigenvalue weighted by Gasteiger charge is -2.07. The first-order chi connectivity index (χ1) is 14.5. The molecule has 2 aromatic carbocycles. The summed E-state index contributed by atoms with van der Waals surface area (Å²) in [5.41, 5.74) is 4.59. The first kappa shape index (κ1) is 20.0. The second-order valence-electron chi connectivity index (χ2n) is 6.92. The minimum absolute atomic E-state index is 0.261. The van der Waals surface area contributed by atoms with Gasteiger partial charge in [0, 0.05) is 23.1 Å². The van der Waals surface area contributed by atoms with Gasteiger partial charge in [0.25, 0.3) is 5.91 Å². The molecule has 7 heteroatoms. The van der Waals surface area contributed by atoms with Crippen molar-refractivity contribution in [3.05, 3.63) is 81.6 Å². The van der Waals surface area contributed by atoms with Gasteiger partial charge in [-0.25, -0.2) is 9.37 Å². The Morgan fingerprint density at radius 3 is 2.43 bits per heavy atom.